The number of hydrogen-bond donors (Lipinski definition) is 2. The lowest BCUT2D eigenvalue weighted by molar-refractivity contribution is -0.117. The molecule has 0 saturated carbocycles. The van der Waals surface area contributed by atoms with Gasteiger partial charge in [-0.15, -0.1) is 0 Å². The monoisotopic (exact) mass is 413 g/mol. The lowest BCUT2D eigenvalue weighted by Gasteiger charge is -2.19. The summed E-state index contributed by atoms with van der Waals surface area (Å²) in [6, 6.07) is 11.9. The SMILES string of the molecule is CC(C)(C)c1ccc(C(=O)NNC(=O)c2ccc(Cl)c(N3CCCC3=O)c2)cc1. The Morgan fingerprint density at radius 3 is 2.10 bits per heavy atom. The van der Waals surface area contributed by atoms with Crippen LogP contribution in [0.4, 0.5) is 5.69 Å². The van der Waals surface area contributed by atoms with E-state index in [4.69, 9.17) is 11.6 Å². The quantitative estimate of drug-likeness (QED) is 0.750. The van der Waals surface area contributed by atoms with Gasteiger partial charge in [0.2, 0.25) is 5.91 Å². The van der Waals surface area contributed by atoms with Crippen LogP contribution in [0.5, 0.6) is 0 Å². The first kappa shape index (κ1) is 20.9. The highest BCUT2D eigenvalue weighted by Gasteiger charge is 2.24. The third-order valence-corrected chi connectivity index (χ3v) is 5.19. The number of hydrogen-bond acceptors (Lipinski definition) is 3. The molecule has 0 unspecified atom stereocenters. The molecule has 0 spiro atoms. The Labute approximate surface area is 175 Å². The largest absolute Gasteiger partial charge is 0.311 e. The van der Waals surface area contributed by atoms with Gasteiger partial charge in [-0.25, -0.2) is 0 Å². The third-order valence-electron chi connectivity index (χ3n) is 4.88. The van der Waals surface area contributed by atoms with Crippen molar-refractivity contribution in [2.75, 3.05) is 11.4 Å². The second kappa shape index (κ2) is 8.25. The normalized spacial score (nSPS) is 14.1. The van der Waals surface area contributed by atoms with Gasteiger partial charge in [-0.3, -0.25) is 25.2 Å². The molecular weight excluding hydrogens is 390 g/mol. The molecule has 2 aromatic carbocycles. The van der Waals surface area contributed by atoms with E-state index in [9.17, 15) is 14.4 Å². The molecule has 3 rings (SSSR count). The van der Waals surface area contributed by atoms with Gasteiger partial charge in [-0.2, -0.15) is 0 Å². The van der Waals surface area contributed by atoms with Crippen molar-refractivity contribution >= 4 is 35.0 Å². The average molecular weight is 414 g/mol. The summed E-state index contributed by atoms with van der Waals surface area (Å²) in [7, 11) is 0. The van der Waals surface area contributed by atoms with Gasteiger partial charge in [0.05, 0.1) is 10.7 Å². The van der Waals surface area contributed by atoms with E-state index in [0.717, 1.165) is 12.0 Å². The van der Waals surface area contributed by atoms with E-state index in [-0.39, 0.29) is 11.3 Å². The second-order valence-corrected chi connectivity index (χ2v) is 8.46. The van der Waals surface area contributed by atoms with Crippen molar-refractivity contribution in [3.8, 4) is 0 Å². The predicted molar refractivity (Wildman–Crippen MR) is 113 cm³/mol. The number of hydrazine groups is 1. The summed E-state index contributed by atoms with van der Waals surface area (Å²) in [6.07, 6.45) is 1.23. The standard InChI is InChI=1S/C22H24ClN3O3/c1-22(2,3)16-9-6-14(7-10-16)20(28)24-25-21(29)15-8-11-17(23)18(13-15)26-12-4-5-19(26)27/h6-11,13H,4-5,12H2,1-3H3,(H,24,28)(H,25,29). The van der Waals surface area contributed by atoms with Crippen molar-refractivity contribution in [1.29, 1.82) is 0 Å². The highest BCUT2D eigenvalue weighted by molar-refractivity contribution is 6.34. The first-order valence-electron chi connectivity index (χ1n) is 9.48. The minimum absolute atomic E-state index is 0.00770. The fourth-order valence-electron chi connectivity index (χ4n) is 3.14. The molecule has 2 N–H and O–H groups in total. The van der Waals surface area contributed by atoms with Crippen molar-refractivity contribution in [3.63, 3.8) is 0 Å². The molecule has 0 aliphatic carbocycles. The van der Waals surface area contributed by atoms with E-state index in [1.54, 1.807) is 35.2 Å². The van der Waals surface area contributed by atoms with Crippen LogP contribution in [0, 0.1) is 0 Å². The highest BCUT2D eigenvalue weighted by Crippen LogP contribution is 2.30. The smallest absolute Gasteiger partial charge is 0.269 e. The fourth-order valence-corrected chi connectivity index (χ4v) is 3.36. The van der Waals surface area contributed by atoms with Crippen molar-refractivity contribution in [2.45, 2.75) is 39.0 Å². The Kier molecular flexibility index (Phi) is 5.94. The maximum absolute atomic E-state index is 12.5. The molecule has 0 radical (unpaired) electrons. The topological polar surface area (TPSA) is 78.5 Å². The molecule has 2 aromatic rings. The van der Waals surface area contributed by atoms with Crippen molar-refractivity contribution in [3.05, 3.63) is 64.2 Å². The van der Waals surface area contributed by atoms with Gasteiger partial charge in [0.25, 0.3) is 11.8 Å². The Bertz CT molecular complexity index is 949. The van der Waals surface area contributed by atoms with Gasteiger partial charge in [-0.1, -0.05) is 44.5 Å². The lowest BCUT2D eigenvalue weighted by atomic mass is 9.87. The second-order valence-electron chi connectivity index (χ2n) is 8.05. The first-order chi connectivity index (χ1) is 13.7. The zero-order valence-corrected chi connectivity index (χ0v) is 17.5. The summed E-state index contributed by atoms with van der Waals surface area (Å²) in [6.45, 7) is 6.86. The number of nitrogens with zero attached hydrogens (tertiary/aromatic N) is 1. The Morgan fingerprint density at radius 1 is 0.966 bits per heavy atom. The Balaban J connectivity index is 1.66. The number of amides is 3. The molecular formula is C22H24ClN3O3. The van der Waals surface area contributed by atoms with E-state index in [2.05, 4.69) is 31.6 Å². The van der Waals surface area contributed by atoms with Crippen LogP contribution < -0.4 is 15.8 Å². The number of anilines is 1. The van der Waals surface area contributed by atoms with Crippen LogP contribution in [0.1, 0.15) is 59.9 Å². The van der Waals surface area contributed by atoms with Gasteiger partial charge in [0, 0.05) is 24.1 Å². The molecule has 3 amide bonds. The van der Waals surface area contributed by atoms with Crippen LogP contribution in [0.15, 0.2) is 42.5 Å². The maximum Gasteiger partial charge on any atom is 0.269 e. The van der Waals surface area contributed by atoms with Gasteiger partial charge in [-0.05, 0) is 47.7 Å². The minimum atomic E-state index is -0.491. The van der Waals surface area contributed by atoms with Gasteiger partial charge in [0.1, 0.15) is 0 Å². The van der Waals surface area contributed by atoms with E-state index >= 15 is 0 Å². The number of rotatable bonds is 3. The van der Waals surface area contributed by atoms with E-state index in [1.807, 2.05) is 12.1 Å². The molecule has 152 valence electrons. The van der Waals surface area contributed by atoms with Crippen LogP contribution in [0.3, 0.4) is 0 Å². The molecule has 1 heterocycles. The minimum Gasteiger partial charge on any atom is -0.311 e. The molecule has 0 atom stereocenters. The maximum atomic E-state index is 12.5. The van der Waals surface area contributed by atoms with Crippen molar-refractivity contribution in [2.24, 2.45) is 0 Å². The average Bonchev–Trinajstić information content (AvgIpc) is 3.11. The Hall–Kier alpha value is -2.86. The summed E-state index contributed by atoms with van der Waals surface area (Å²) in [4.78, 5) is 38.3. The van der Waals surface area contributed by atoms with E-state index < -0.39 is 11.8 Å². The number of carbonyl (C=O) groups is 3. The lowest BCUT2D eigenvalue weighted by Crippen LogP contribution is -2.41. The van der Waals surface area contributed by atoms with E-state index in [1.165, 1.54) is 0 Å². The number of nitrogens with one attached hydrogen (secondary N) is 2. The zero-order valence-electron chi connectivity index (χ0n) is 16.7. The summed E-state index contributed by atoms with van der Waals surface area (Å²) in [5.74, 6) is -0.923. The van der Waals surface area contributed by atoms with Crippen LogP contribution in [-0.2, 0) is 10.2 Å². The summed E-state index contributed by atoms with van der Waals surface area (Å²) in [5.41, 5.74) is 7.17. The number of benzene rings is 2. The zero-order chi connectivity index (χ0) is 21.2. The highest BCUT2D eigenvalue weighted by atomic mass is 35.5. The summed E-state index contributed by atoms with van der Waals surface area (Å²) < 4.78 is 0. The van der Waals surface area contributed by atoms with Gasteiger partial charge < -0.3 is 4.90 Å². The fraction of sp³-hybridized carbons (Fsp3) is 0.318. The van der Waals surface area contributed by atoms with Crippen LogP contribution >= 0.6 is 11.6 Å². The van der Waals surface area contributed by atoms with Gasteiger partial charge in [0.15, 0.2) is 0 Å². The number of carbonyl (C=O) groups excluding carboxylic acids is 3. The molecule has 1 aliphatic rings. The van der Waals surface area contributed by atoms with Gasteiger partial charge >= 0.3 is 0 Å². The van der Waals surface area contributed by atoms with Crippen LogP contribution in [0.2, 0.25) is 5.02 Å². The molecule has 0 aromatic heterocycles. The molecule has 6 nitrogen and oxygen atoms in total. The molecule has 7 heteroatoms. The third kappa shape index (κ3) is 4.77. The van der Waals surface area contributed by atoms with Crippen LogP contribution in [-0.4, -0.2) is 24.3 Å². The molecule has 1 aliphatic heterocycles. The molecule has 1 fully saturated rings. The predicted octanol–water partition coefficient (Wildman–Crippen LogP) is 3.84. The molecule has 1 saturated heterocycles. The first-order valence-corrected chi connectivity index (χ1v) is 9.86. The van der Waals surface area contributed by atoms with Crippen LogP contribution in [0.25, 0.3) is 0 Å². The Morgan fingerprint density at radius 2 is 1.55 bits per heavy atom. The van der Waals surface area contributed by atoms with Crippen molar-refractivity contribution < 1.29 is 14.4 Å². The number of halogens is 1. The van der Waals surface area contributed by atoms with E-state index in [0.29, 0.717) is 34.8 Å². The van der Waals surface area contributed by atoms with Crippen molar-refractivity contribution in [1.82, 2.24) is 10.9 Å². The summed E-state index contributed by atoms with van der Waals surface area (Å²) >= 11 is 6.20. The molecule has 0 bridgehead atoms. The summed E-state index contributed by atoms with van der Waals surface area (Å²) in [5, 5.41) is 0.403. The molecule has 29 heavy (non-hydrogen) atoms.